The van der Waals surface area contributed by atoms with E-state index in [2.05, 4.69) is 4.98 Å². The molecule has 0 aromatic carbocycles. The first-order chi connectivity index (χ1) is 8.89. The van der Waals surface area contributed by atoms with Crippen LogP contribution in [0.15, 0.2) is 18.3 Å². The molecule has 0 saturated carbocycles. The van der Waals surface area contributed by atoms with Crippen molar-refractivity contribution in [1.82, 2.24) is 9.29 Å². The molecule has 1 aromatic heterocycles. The Balaban J connectivity index is 2.16. The van der Waals surface area contributed by atoms with Gasteiger partial charge in [0.2, 0.25) is 10.0 Å². The maximum atomic E-state index is 11.4. The molecule has 7 nitrogen and oxygen atoms in total. The van der Waals surface area contributed by atoms with Crippen LogP contribution in [0.2, 0.25) is 0 Å². The molecule has 2 heterocycles. The van der Waals surface area contributed by atoms with Gasteiger partial charge in [0.05, 0.1) is 11.9 Å². The van der Waals surface area contributed by atoms with Gasteiger partial charge in [-0.25, -0.2) is 8.42 Å². The van der Waals surface area contributed by atoms with E-state index in [1.807, 2.05) is 11.0 Å². The summed E-state index contributed by atoms with van der Waals surface area (Å²) < 4.78 is 24.3. The van der Waals surface area contributed by atoms with Crippen LogP contribution in [-0.2, 0) is 10.0 Å². The summed E-state index contributed by atoms with van der Waals surface area (Å²) >= 11 is 0. The second kappa shape index (κ2) is 5.14. The Labute approximate surface area is 112 Å². The van der Waals surface area contributed by atoms with Gasteiger partial charge in [-0.05, 0) is 12.1 Å². The van der Waals surface area contributed by atoms with Crippen molar-refractivity contribution in [3.63, 3.8) is 0 Å². The largest absolute Gasteiger partial charge is 0.382 e. The monoisotopic (exact) mass is 283 g/mol. The Morgan fingerprint density at radius 1 is 1.37 bits per heavy atom. The quantitative estimate of drug-likeness (QED) is 0.572. The molecular weight excluding hydrogens is 266 g/mol. The molecule has 0 unspecified atom stereocenters. The predicted molar refractivity (Wildman–Crippen MR) is 73.9 cm³/mol. The number of nitrogens with two attached hydrogens (primary N) is 1. The van der Waals surface area contributed by atoms with Gasteiger partial charge >= 0.3 is 0 Å². The zero-order valence-corrected chi connectivity index (χ0v) is 11.5. The van der Waals surface area contributed by atoms with Crippen molar-refractivity contribution in [1.29, 1.82) is 5.41 Å². The molecule has 0 spiro atoms. The first-order valence-electron chi connectivity index (χ1n) is 5.89. The summed E-state index contributed by atoms with van der Waals surface area (Å²) in [7, 11) is -3.13. The Kier molecular flexibility index (Phi) is 3.72. The number of nitrogens with zero attached hydrogens (tertiary/aromatic N) is 3. The molecule has 1 fully saturated rings. The Morgan fingerprint density at radius 3 is 2.53 bits per heavy atom. The van der Waals surface area contributed by atoms with Crippen LogP contribution in [0.5, 0.6) is 0 Å². The third-order valence-corrected chi connectivity index (χ3v) is 4.39. The van der Waals surface area contributed by atoms with Gasteiger partial charge in [0.25, 0.3) is 0 Å². The molecular formula is C11H17N5O2S. The maximum absolute atomic E-state index is 11.4. The first kappa shape index (κ1) is 13.8. The van der Waals surface area contributed by atoms with E-state index >= 15 is 0 Å². The number of hydrogen-bond acceptors (Lipinski definition) is 5. The summed E-state index contributed by atoms with van der Waals surface area (Å²) in [6.45, 7) is 2.01. The number of nitrogen functional groups attached to an aromatic ring is 1. The second-order valence-electron chi connectivity index (χ2n) is 4.43. The molecule has 0 atom stereocenters. The third-order valence-electron chi connectivity index (χ3n) is 3.09. The average Bonchev–Trinajstić information content (AvgIpc) is 2.38. The topological polar surface area (TPSA) is 103 Å². The van der Waals surface area contributed by atoms with E-state index in [-0.39, 0.29) is 5.84 Å². The zero-order chi connectivity index (χ0) is 14.0. The van der Waals surface area contributed by atoms with Crippen molar-refractivity contribution < 1.29 is 8.42 Å². The molecule has 8 heteroatoms. The number of anilines is 1. The Hall–Kier alpha value is -1.67. The van der Waals surface area contributed by atoms with Crippen molar-refractivity contribution in [3.8, 4) is 0 Å². The molecule has 1 saturated heterocycles. The van der Waals surface area contributed by atoms with Gasteiger partial charge in [0, 0.05) is 32.4 Å². The van der Waals surface area contributed by atoms with E-state index in [0.717, 1.165) is 5.69 Å². The van der Waals surface area contributed by atoms with Crippen molar-refractivity contribution >= 4 is 21.5 Å². The van der Waals surface area contributed by atoms with Crippen molar-refractivity contribution in [3.05, 3.63) is 24.0 Å². The van der Waals surface area contributed by atoms with Crippen LogP contribution in [0.3, 0.4) is 0 Å². The van der Waals surface area contributed by atoms with Crippen LogP contribution in [0.1, 0.15) is 5.69 Å². The van der Waals surface area contributed by atoms with Crippen LogP contribution >= 0.6 is 0 Å². The normalized spacial score (nSPS) is 17.4. The van der Waals surface area contributed by atoms with E-state index in [0.29, 0.717) is 31.9 Å². The molecule has 1 aliphatic heterocycles. The van der Waals surface area contributed by atoms with Gasteiger partial charge < -0.3 is 10.6 Å². The van der Waals surface area contributed by atoms with Gasteiger partial charge in [0.1, 0.15) is 11.5 Å². The smallest absolute Gasteiger partial charge is 0.211 e. The average molecular weight is 283 g/mol. The number of hydrogen-bond donors (Lipinski definition) is 2. The summed E-state index contributed by atoms with van der Waals surface area (Å²) in [6.07, 6.45) is 2.81. The van der Waals surface area contributed by atoms with E-state index in [4.69, 9.17) is 11.1 Å². The lowest BCUT2D eigenvalue weighted by molar-refractivity contribution is 0.388. The van der Waals surface area contributed by atoms with Crippen molar-refractivity contribution in [2.75, 3.05) is 37.3 Å². The number of amidine groups is 1. The zero-order valence-electron chi connectivity index (χ0n) is 10.7. The first-order valence-corrected chi connectivity index (χ1v) is 7.74. The predicted octanol–water partition coefficient (Wildman–Crippen LogP) is -0.553. The number of piperazine rings is 1. The van der Waals surface area contributed by atoms with E-state index in [9.17, 15) is 8.42 Å². The van der Waals surface area contributed by atoms with Crippen LogP contribution in [0.25, 0.3) is 0 Å². The number of sulfonamides is 1. The van der Waals surface area contributed by atoms with E-state index in [1.54, 1.807) is 12.3 Å². The third kappa shape index (κ3) is 3.02. The van der Waals surface area contributed by atoms with Crippen molar-refractivity contribution in [2.24, 2.45) is 5.73 Å². The van der Waals surface area contributed by atoms with Gasteiger partial charge in [-0.15, -0.1) is 0 Å². The highest BCUT2D eigenvalue weighted by molar-refractivity contribution is 7.88. The lowest BCUT2D eigenvalue weighted by atomic mass is 10.2. The summed E-state index contributed by atoms with van der Waals surface area (Å²) in [4.78, 5) is 6.10. The molecule has 3 N–H and O–H groups in total. The molecule has 1 aromatic rings. The van der Waals surface area contributed by atoms with E-state index < -0.39 is 10.0 Å². The van der Waals surface area contributed by atoms with Gasteiger partial charge in [-0.3, -0.25) is 10.4 Å². The van der Waals surface area contributed by atoms with Crippen LogP contribution in [0, 0.1) is 5.41 Å². The summed E-state index contributed by atoms with van der Waals surface area (Å²) in [5.74, 6) is -0.0823. The molecule has 0 aliphatic carbocycles. The fraction of sp³-hybridized carbons (Fsp3) is 0.455. The minimum Gasteiger partial charge on any atom is -0.382 e. The van der Waals surface area contributed by atoms with Crippen LogP contribution in [0.4, 0.5) is 5.69 Å². The molecule has 0 bridgehead atoms. The van der Waals surface area contributed by atoms with Gasteiger partial charge in [-0.1, -0.05) is 0 Å². The molecule has 19 heavy (non-hydrogen) atoms. The standard InChI is InChI=1S/C11H17N5O2S/c1-19(17,18)16-7-5-15(6-8-16)9-3-2-4-14-10(9)11(12)13/h2-4H,5-8H2,1H3,(H3,12,13). The Bertz CT molecular complexity index is 579. The minimum atomic E-state index is -3.13. The van der Waals surface area contributed by atoms with Gasteiger partial charge in [-0.2, -0.15) is 4.31 Å². The molecule has 0 amide bonds. The summed E-state index contributed by atoms with van der Waals surface area (Å²) in [5, 5.41) is 7.52. The van der Waals surface area contributed by atoms with Crippen LogP contribution < -0.4 is 10.6 Å². The van der Waals surface area contributed by atoms with Gasteiger partial charge in [0.15, 0.2) is 0 Å². The Morgan fingerprint density at radius 2 is 2.00 bits per heavy atom. The molecule has 2 rings (SSSR count). The van der Waals surface area contributed by atoms with Crippen molar-refractivity contribution in [2.45, 2.75) is 0 Å². The highest BCUT2D eigenvalue weighted by atomic mass is 32.2. The van der Waals surface area contributed by atoms with Crippen LogP contribution in [-0.4, -0.2) is 56.0 Å². The number of aromatic nitrogens is 1. The summed E-state index contributed by atoms with van der Waals surface area (Å²) in [5.41, 5.74) is 6.73. The molecule has 1 aliphatic rings. The molecule has 104 valence electrons. The fourth-order valence-electron chi connectivity index (χ4n) is 2.12. The number of nitrogens with one attached hydrogen (secondary N) is 1. The maximum Gasteiger partial charge on any atom is 0.211 e. The number of rotatable bonds is 3. The van der Waals surface area contributed by atoms with E-state index in [1.165, 1.54) is 10.6 Å². The minimum absolute atomic E-state index is 0.0823. The highest BCUT2D eigenvalue weighted by Crippen LogP contribution is 2.20. The molecule has 0 radical (unpaired) electrons. The SMILES string of the molecule is CS(=O)(=O)N1CCN(c2cccnc2C(=N)N)CC1. The lowest BCUT2D eigenvalue weighted by Crippen LogP contribution is -2.48. The second-order valence-corrected chi connectivity index (χ2v) is 6.42. The highest BCUT2D eigenvalue weighted by Gasteiger charge is 2.25. The number of pyridine rings is 1. The summed E-state index contributed by atoms with van der Waals surface area (Å²) in [6, 6.07) is 3.63. The fourth-order valence-corrected chi connectivity index (χ4v) is 2.95. The lowest BCUT2D eigenvalue weighted by Gasteiger charge is -2.35.